The van der Waals surface area contributed by atoms with Crippen LogP contribution in [0.3, 0.4) is 0 Å². The van der Waals surface area contributed by atoms with Crippen molar-refractivity contribution in [3.63, 3.8) is 0 Å². The molecule has 0 fully saturated rings. The number of carbonyl (C=O) groups is 1. The summed E-state index contributed by atoms with van der Waals surface area (Å²) in [5.41, 5.74) is 1.30. The summed E-state index contributed by atoms with van der Waals surface area (Å²) in [6, 6.07) is 17.7. The number of carbonyl (C=O) groups excluding carboxylic acids is 1. The van der Waals surface area contributed by atoms with E-state index in [-0.39, 0.29) is 10.5 Å². The first-order chi connectivity index (χ1) is 15.4. The number of fused-ring (bicyclic) bond motifs is 1. The standard InChI is InChI=1S/C22H19N3O5S2/c1-29-16-8-6-15(7-9-16)25-32(27,28)18-5-3-4-14(12-18)21(26)24-22-23-19-11-10-17(30-2)13-20(19)31-22/h3-13,25H,1-2H3,(H,23,24,26). The number of aromatic nitrogens is 1. The Morgan fingerprint density at radius 2 is 1.66 bits per heavy atom. The van der Waals surface area contributed by atoms with E-state index in [9.17, 15) is 13.2 Å². The first-order valence-electron chi connectivity index (χ1n) is 9.41. The van der Waals surface area contributed by atoms with Gasteiger partial charge in [-0.3, -0.25) is 14.8 Å². The number of sulfonamides is 1. The van der Waals surface area contributed by atoms with Crippen LogP contribution in [0.1, 0.15) is 10.4 Å². The molecule has 0 bridgehead atoms. The van der Waals surface area contributed by atoms with Crippen LogP contribution >= 0.6 is 11.3 Å². The van der Waals surface area contributed by atoms with Gasteiger partial charge in [-0.2, -0.15) is 0 Å². The van der Waals surface area contributed by atoms with Crippen LogP contribution in [0.5, 0.6) is 11.5 Å². The molecule has 164 valence electrons. The van der Waals surface area contributed by atoms with Gasteiger partial charge in [-0.15, -0.1) is 0 Å². The maximum Gasteiger partial charge on any atom is 0.261 e. The van der Waals surface area contributed by atoms with Crippen molar-refractivity contribution in [3.05, 3.63) is 72.3 Å². The van der Waals surface area contributed by atoms with E-state index >= 15 is 0 Å². The number of nitrogens with one attached hydrogen (secondary N) is 2. The van der Waals surface area contributed by atoms with Crippen molar-refractivity contribution in [2.24, 2.45) is 0 Å². The lowest BCUT2D eigenvalue weighted by molar-refractivity contribution is 0.102. The minimum Gasteiger partial charge on any atom is -0.497 e. The van der Waals surface area contributed by atoms with Gasteiger partial charge in [0.1, 0.15) is 11.5 Å². The minimum absolute atomic E-state index is 0.0324. The number of methoxy groups -OCH3 is 2. The summed E-state index contributed by atoms with van der Waals surface area (Å²) in [5, 5.41) is 3.13. The lowest BCUT2D eigenvalue weighted by atomic mass is 10.2. The van der Waals surface area contributed by atoms with Crippen LogP contribution in [0.2, 0.25) is 0 Å². The lowest BCUT2D eigenvalue weighted by Crippen LogP contribution is -2.15. The molecule has 0 unspecified atom stereocenters. The van der Waals surface area contributed by atoms with Gasteiger partial charge in [0, 0.05) is 11.3 Å². The number of anilines is 2. The van der Waals surface area contributed by atoms with Gasteiger partial charge in [-0.25, -0.2) is 13.4 Å². The number of thiazole rings is 1. The molecule has 2 N–H and O–H groups in total. The fourth-order valence-electron chi connectivity index (χ4n) is 2.93. The molecule has 4 aromatic rings. The third-order valence-electron chi connectivity index (χ3n) is 4.56. The highest BCUT2D eigenvalue weighted by Crippen LogP contribution is 2.29. The predicted octanol–water partition coefficient (Wildman–Crippen LogP) is 4.37. The molecule has 1 aromatic heterocycles. The van der Waals surface area contributed by atoms with E-state index in [2.05, 4.69) is 15.0 Å². The van der Waals surface area contributed by atoms with E-state index < -0.39 is 15.9 Å². The van der Waals surface area contributed by atoms with Crippen molar-refractivity contribution in [3.8, 4) is 11.5 Å². The molecule has 0 aliphatic carbocycles. The summed E-state index contributed by atoms with van der Waals surface area (Å²) in [4.78, 5) is 17.1. The zero-order valence-electron chi connectivity index (χ0n) is 17.2. The Morgan fingerprint density at radius 1 is 0.938 bits per heavy atom. The number of benzene rings is 3. The Morgan fingerprint density at radius 3 is 2.38 bits per heavy atom. The highest BCUT2D eigenvalue weighted by atomic mass is 32.2. The van der Waals surface area contributed by atoms with E-state index in [1.54, 1.807) is 43.5 Å². The average Bonchev–Trinajstić information content (AvgIpc) is 3.20. The third-order valence-corrected chi connectivity index (χ3v) is 6.88. The molecule has 1 heterocycles. The maximum absolute atomic E-state index is 12.8. The van der Waals surface area contributed by atoms with Crippen molar-refractivity contribution in [2.45, 2.75) is 4.90 Å². The minimum atomic E-state index is -3.89. The topological polar surface area (TPSA) is 107 Å². The molecule has 0 radical (unpaired) electrons. The predicted molar refractivity (Wildman–Crippen MR) is 124 cm³/mol. The number of hydrogen-bond donors (Lipinski definition) is 2. The van der Waals surface area contributed by atoms with Gasteiger partial charge in [-0.1, -0.05) is 17.4 Å². The van der Waals surface area contributed by atoms with Crippen LogP contribution in [0.15, 0.2) is 71.6 Å². The third kappa shape index (κ3) is 4.66. The van der Waals surface area contributed by atoms with Crippen LogP contribution in [0, 0.1) is 0 Å². The molecule has 10 heteroatoms. The molecule has 1 amide bonds. The fraction of sp³-hybridized carbons (Fsp3) is 0.0909. The van der Waals surface area contributed by atoms with Gasteiger partial charge in [0.05, 0.1) is 29.3 Å². The summed E-state index contributed by atoms with van der Waals surface area (Å²) in [5.74, 6) is 0.846. The van der Waals surface area contributed by atoms with Crippen molar-refractivity contribution < 1.29 is 22.7 Å². The first kappa shape index (κ1) is 21.6. The summed E-state index contributed by atoms with van der Waals surface area (Å²) >= 11 is 1.30. The molecule has 4 rings (SSSR count). The molecule has 0 aliphatic heterocycles. The lowest BCUT2D eigenvalue weighted by Gasteiger charge is -2.10. The quantitative estimate of drug-likeness (QED) is 0.416. The van der Waals surface area contributed by atoms with Crippen molar-refractivity contribution in [2.75, 3.05) is 24.3 Å². The first-order valence-corrected chi connectivity index (χ1v) is 11.7. The number of nitrogens with zero attached hydrogens (tertiary/aromatic N) is 1. The van der Waals surface area contributed by atoms with E-state index in [1.165, 1.54) is 42.7 Å². The highest BCUT2D eigenvalue weighted by molar-refractivity contribution is 7.92. The molecule has 32 heavy (non-hydrogen) atoms. The molecule has 0 saturated heterocycles. The zero-order chi connectivity index (χ0) is 22.7. The van der Waals surface area contributed by atoms with Gasteiger partial charge in [0.25, 0.3) is 15.9 Å². The molecular weight excluding hydrogens is 450 g/mol. The summed E-state index contributed by atoms with van der Waals surface area (Å²) in [6.07, 6.45) is 0. The van der Waals surface area contributed by atoms with Crippen LogP contribution in [-0.4, -0.2) is 33.5 Å². The van der Waals surface area contributed by atoms with Crippen LogP contribution in [-0.2, 0) is 10.0 Å². The van der Waals surface area contributed by atoms with Gasteiger partial charge in [-0.05, 0) is 60.7 Å². The van der Waals surface area contributed by atoms with Crippen LogP contribution in [0.25, 0.3) is 10.2 Å². The SMILES string of the molecule is COc1ccc(NS(=O)(=O)c2cccc(C(=O)Nc3nc4ccc(OC)cc4s3)c2)cc1. The Balaban J connectivity index is 1.53. The molecule has 0 spiro atoms. The number of amides is 1. The summed E-state index contributed by atoms with van der Waals surface area (Å²) in [7, 11) is -0.780. The molecule has 8 nitrogen and oxygen atoms in total. The van der Waals surface area contributed by atoms with Crippen molar-refractivity contribution in [1.82, 2.24) is 4.98 Å². The maximum atomic E-state index is 12.8. The average molecular weight is 470 g/mol. The van der Waals surface area contributed by atoms with Gasteiger partial charge in [0.2, 0.25) is 0 Å². The van der Waals surface area contributed by atoms with Crippen LogP contribution in [0.4, 0.5) is 10.8 Å². The second-order valence-electron chi connectivity index (χ2n) is 6.67. The Labute approximate surface area is 188 Å². The molecule has 0 aliphatic rings. The summed E-state index contributed by atoms with van der Waals surface area (Å²) in [6.45, 7) is 0. The smallest absolute Gasteiger partial charge is 0.261 e. The molecule has 3 aromatic carbocycles. The zero-order valence-corrected chi connectivity index (χ0v) is 18.8. The van der Waals surface area contributed by atoms with E-state index in [0.717, 1.165) is 10.2 Å². The Kier molecular flexibility index (Phi) is 5.97. The molecular formula is C22H19N3O5S2. The largest absolute Gasteiger partial charge is 0.497 e. The Hall–Kier alpha value is -3.63. The normalized spacial score (nSPS) is 11.2. The monoisotopic (exact) mass is 469 g/mol. The van der Waals surface area contributed by atoms with Gasteiger partial charge < -0.3 is 9.47 Å². The fourth-order valence-corrected chi connectivity index (χ4v) is 4.93. The van der Waals surface area contributed by atoms with Crippen LogP contribution < -0.4 is 19.5 Å². The van der Waals surface area contributed by atoms with E-state index in [0.29, 0.717) is 22.3 Å². The van der Waals surface area contributed by atoms with Gasteiger partial charge in [0.15, 0.2) is 5.13 Å². The summed E-state index contributed by atoms with van der Waals surface area (Å²) < 4.78 is 39.2. The van der Waals surface area contributed by atoms with Gasteiger partial charge >= 0.3 is 0 Å². The number of ether oxygens (including phenoxy) is 2. The van der Waals surface area contributed by atoms with E-state index in [4.69, 9.17) is 9.47 Å². The number of rotatable bonds is 7. The molecule has 0 atom stereocenters. The van der Waals surface area contributed by atoms with E-state index in [1.807, 2.05) is 6.07 Å². The van der Waals surface area contributed by atoms with Crippen molar-refractivity contribution in [1.29, 1.82) is 0 Å². The Bertz CT molecular complexity index is 1380. The highest BCUT2D eigenvalue weighted by Gasteiger charge is 2.17. The molecule has 0 saturated carbocycles. The second kappa shape index (κ2) is 8.85. The second-order valence-corrected chi connectivity index (χ2v) is 9.38. The van der Waals surface area contributed by atoms with Crippen molar-refractivity contribution >= 4 is 48.3 Å². The number of hydrogen-bond acceptors (Lipinski definition) is 7.